The molecule has 1 unspecified atom stereocenters. The zero-order valence-electron chi connectivity index (χ0n) is 18.1. The van der Waals surface area contributed by atoms with Crippen LogP contribution in [0.15, 0.2) is 84.4 Å². The summed E-state index contributed by atoms with van der Waals surface area (Å²) in [4.78, 5) is 27.8. The third-order valence-corrected chi connectivity index (χ3v) is 5.55. The van der Waals surface area contributed by atoms with Gasteiger partial charge in [-0.05, 0) is 37.1 Å². The summed E-state index contributed by atoms with van der Waals surface area (Å²) in [5.41, 5.74) is 3.27. The van der Waals surface area contributed by atoms with E-state index in [4.69, 9.17) is 4.74 Å². The van der Waals surface area contributed by atoms with Crippen molar-refractivity contribution in [3.05, 3.63) is 107 Å². The minimum absolute atomic E-state index is 0.0865. The summed E-state index contributed by atoms with van der Waals surface area (Å²) >= 11 is 0. The average molecular weight is 428 g/mol. The Morgan fingerprint density at radius 3 is 2.38 bits per heavy atom. The summed E-state index contributed by atoms with van der Waals surface area (Å²) in [7, 11) is 0. The summed E-state index contributed by atoms with van der Waals surface area (Å²) in [6.07, 6.45) is 0. The van der Waals surface area contributed by atoms with Crippen LogP contribution in [-0.2, 0) is 16.1 Å². The molecular weight excluding hydrogens is 402 g/mol. The maximum Gasteiger partial charge on any atom is 0.295 e. The van der Waals surface area contributed by atoms with Gasteiger partial charge in [0.1, 0.15) is 11.5 Å². The molecule has 0 aliphatic carbocycles. The molecule has 3 aromatic carbocycles. The van der Waals surface area contributed by atoms with Crippen molar-refractivity contribution in [2.45, 2.75) is 26.4 Å². The smallest absolute Gasteiger partial charge is 0.295 e. The number of hydrogen-bond acceptors (Lipinski definition) is 4. The molecule has 4 rings (SSSR count). The van der Waals surface area contributed by atoms with E-state index < -0.39 is 17.7 Å². The van der Waals surface area contributed by atoms with E-state index in [1.807, 2.05) is 68.4 Å². The molecule has 0 aromatic heterocycles. The van der Waals surface area contributed by atoms with Crippen LogP contribution in [0.3, 0.4) is 0 Å². The molecule has 1 N–H and O–H groups in total. The molecule has 5 heteroatoms. The van der Waals surface area contributed by atoms with E-state index in [0.29, 0.717) is 17.9 Å². The molecule has 1 atom stereocenters. The molecule has 1 aliphatic rings. The Morgan fingerprint density at radius 2 is 1.69 bits per heavy atom. The first kappa shape index (κ1) is 21.4. The van der Waals surface area contributed by atoms with Crippen molar-refractivity contribution in [1.29, 1.82) is 0 Å². The third-order valence-electron chi connectivity index (χ3n) is 5.55. The number of rotatable bonds is 6. The number of ketones is 1. The van der Waals surface area contributed by atoms with Gasteiger partial charge in [-0.25, -0.2) is 0 Å². The molecule has 1 heterocycles. The first-order valence-electron chi connectivity index (χ1n) is 10.6. The number of carbonyl (C=O) groups excluding carboxylic acids is 2. The van der Waals surface area contributed by atoms with Crippen molar-refractivity contribution < 1.29 is 19.4 Å². The lowest BCUT2D eigenvalue weighted by atomic mass is 9.94. The SMILES string of the molecule is CCOc1cccc(/C(O)=C2\C(=O)C(=O)N(Cc3ccccc3)C2c2ccc(C)cc2)c1. The van der Waals surface area contributed by atoms with Crippen molar-refractivity contribution in [3.8, 4) is 5.75 Å². The molecule has 1 aliphatic heterocycles. The first-order chi connectivity index (χ1) is 15.5. The van der Waals surface area contributed by atoms with Crippen LogP contribution < -0.4 is 4.74 Å². The second-order valence-corrected chi connectivity index (χ2v) is 7.78. The van der Waals surface area contributed by atoms with E-state index in [0.717, 1.165) is 16.7 Å². The predicted octanol–water partition coefficient (Wildman–Crippen LogP) is 5.02. The first-order valence-corrected chi connectivity index (χ1v) is 10.6. The van der Waals surface area contributed by atoms with Crippen molar-refractivity contribution in [2.24, 2.45) is 0 Å². The highest BCUT2D eigenvalue weighted by atomic mass is 16.5. The summed E-state index contributed by atoms with van der Waals surface area (Å²) in [5.74, 6) is -0.930. The van der Waals surface area contributed by atoms with E-state index in [-0.39, 0.29) is 17.9 Å². The minimum Gasteiger partial charge on any atom is -0.507 e. The van der Waals surface area contributed by atoms with Crippen molar-refractivity contribution in [2.75, 3.05) is 6.61 Å². The molecule has 3 aromatic rings. The average Bonchev–Trinajstić information content (AvgIpc) is 3.05. The molecule has 1 saturated heterocycles. The highest BCUT2D eigenvalue weighted by Crippen LogP contribution is 2.40. The number of likely N-dealkylation sites (tertiary alicyclic amines) is 1. The van der Waals surface area contributed by atoms with Gasteiger partial charge in [0.25, 0.3) is 11.7 Å². The number of benzene rings is 3. The quantitative estimate of drug-likeness (QED) is 0.341. The number of aliphatic hydroxyl groups excluding tert-OH is 1. The van der Waals surface area contributed by atoms with Crippen LogP contribution >= 0.6 is 0 Å². The molecule has 0 spiro atoms. The standard InChI is InChI=1S/C27H25NO4/c1-3-32-22-11-7-10-21(16-22)25(29)23-24(20-14-12-18(2)13-15-20)28(27(31)26(23)30)17-19-8-5-4-6-9-19/h4-16,24,29H,3,17H2,1-2H3/b25-23+. The Hall–Kier alpha value is -3.86. The molecule has 162 valence electrons. The number of hydrogen-bond donors (Lipinski definition) is 1. The lowest BCUT2D eigenvalue weighted by Crippen LogP contribution is -2.29. The number of aliphatic hydroxyl groups is 1. The fourth-order valence-corrected chi connectivity index (χ4v) is 3.97. The Bertz CT molecular complexity index is 1170. The molecule has 5 nitrogen and oxygen atoms in total. The number of amides is 1. The maximum absolute atomic E-state index is 13.1. The highest BCUT2D eigenvalue weighted by Gasteiger charge is 2.46. The molecular formula is C27H25NO4. The van der Waals surface area contributed by atoms with E-state index >= 15 is 0 Å². The number of nitrogens with zero attached hydrogens (tertiary/aromatic N) is 1. The second-order valence-electron chi connectivity index (χ2n) is 7.78. The molecule has 0 saturated carbocycles. The van der Waals surface area contributed by atoms with Gasteiger partial charge in [0.05, 0.1) is 18.2 Å². The molecule has 0 bridgehead atoms. The Morgan fingerprint density at radius 1 is 0.969 bits per heavy atom. The van der Waals surface area contributed by atoms with Gasteiger partial charge < -0.3 is 14.7 Å². The number of carbonyl (C=O) groups is 2. The van der Waals surface area contributed by atoms with Gasteiger partial charge in [-0.3, -0.25) is 9.59 Å². The van der Waals surface area contributed by atoms with E-state index in [1.54, 1.807) is 24.3 Å². The van der Waals surface area contributed by atoms with E-state index in [2.05, 4.69) is 0 Å². The van der Waals surface area contributed by atoms with Crippen LogP contribution in [0, 0.1) is 6.92 Å². The second kappa shape index (κ2) is 9.10. The van der Waals surface area contributed by atoms with Gasteiger partial charge in [0.15, 0.2) is 0 Å². The summed E-state index contributed by atoms with van der Waals surface area (Å²) in [6, 6.07) is 23.4. The number of aryl methyl sites for hydroxylation is 1. The van der Waals surface area contributed by atoms with Crippen LogP contribution in [0.25, 0.3) is 5.76 Å². The number of ether oxygens (including phenoxy) is 1. The van der Waals surface area contributed by atoms with Gasteiger partial charge in [-0.15, -0.1) is 0 Å². The fraction of sp³-hybridized carbons (Fsp3) is 0.185. The van der Waals surface area contributed by atoms with Gasteiger partial charge >= 0.3 is 0 Å². The van der Waals surface area contributed by atoms with Gasteiger partial charge in [-0.2, -0.15) is 0 Å². The predicted molar refractivity (Wildman–Crippen MR) is 123 cm³/mol. The molecule has 32 heavy (non-hydrogen) atoms. The van der Waals surface area contributed by atoms with Gasteiger partial charge in [0, 0.05) is 12.1 Å². The zero-order chi connectivity index (χ0) is 22.7. The zero-order valence-corrected chi connectivity index (χ0v) is 18.1. The van der Waals surface area contributed by atoms with Crippen molar-refractivity contribution in [1.82, 2.24) is 4.90 Å². The summed E-state index contributed by atoms with van der Waals surface area (Å²) in [5, 5.41) is 11.2. The molecule has 0 radical (unpaired) electrons. The Kier molecular flexibility index (Phi) is 6.08. The third kappa shape index (κ3) is 4.14. The lowest BCUT2D eigenvalue weighted by molar-refractivity contribution is -0.140. The van der Waals surface area contributed by atoms with E-state index in [9.17, 15) is 14.7 Å². The highest BCUT2D eigenvalue weighted by molar-refractivity contribution is 6.46. The van der Waals surface area contributed by atoms with Gasteiger partial charge in [0.2, 0.25) is 0 Å². The minimum atomic E-state index is -0.689. The van der Waals surface area contributed by atoms with Crippen LogP contribution in [-0.4, -0.2) is 28.3 Å². The Labute approximate surface area is 187 Å². The molecule has 1 fully saturated rings. The topological polar surface area (TPSA) is 66.8 Å². The summed E-state index contributed by atoms with van der Waals surface area (Å²) in [6.45, 7) is 4.59. The summed E-state index contributed by atoms with van der Waals surface area (Å²) < 4.78 is 5.54. The van der Waals surface area contributed by atoms with Crippen molar-refractivity contribution >= 4 is 17.4 Å². The fourth-order valence-electron chi connectivity index (χ4n) is 3.97. The molecule has 1 amide bonds. The number of Topliss-reactive ketones (excluding diaryl/α,β-unsaturated/α-hetero) is 1. The van der Waals surface area contributed by atoms with Crippen LogP contribution in [0.2, 0.25) is 0 Å². The maximum atomic E-state index is 13.1. The van der Waals surface area contributed by atoms with E-state index in [1.165, 1.54) is 4.90 Å². The lowest BCUT2D eigenvalue weighted by Gasteiger charge is -2.25. The van der Waals surface area contributed by atoms with Crippen LogP contribution in [0.1, 0.15) is 35.2 Å². The normalized spacial score (nSPS) is 17.6. The monoisotopic (exact) mass is 427 g/mol. The Balaban J connectivity index is 1.84. The van der Waals surface area contributed by atoms with Crippen LogP contribution in [0.5, 0.6) is 5.75 Å². The van der Waals surface area contributed by atoms with Crippen molar-refractivity contribution in [3.63, 3.8) is 0 Å². The van der Waals surface area contributed by atoms with Crippen LogP contribution in [0.4, 0.5) is 0 Å². The largest absolute Gasteiger partial charge is 0.507 e. The van der Waals surface area contributed by atoms with Gasteiger partial charge in [-0.1, -0.05) is 72.3 Å².